The zero-order chi connectivity index (χ0) is 17.1. The second-order valence-electron chi connectivity index (χ2n) is 6.39. The molecule has 3 rings (SSSR count). The minimum atomic E-state index is -1.51. The molecule has 136 valence electrons. The first-order valence-electron chi connectivity index (χ1n) is 8.32. The minimum absolute atomic E-state index is 0. The van der Waals surface area contributed by atoms with Gasteiger partial charge in [0.1, 0.15) is 0 Å². The Hall–Kier alpha value is -1.61. The van der Waals surface area contributed by atoms with E-state index in [1.54, 1.807) is 17.0 Å². The third-order valence-electron chi connectivity index (χ3n) is 4.73. The third-order valence-corrected chi connectivity index (χ3v) is 4.73. The summed E-state index contributed by atoms with van der Waals surface area (Å²) in [6.07, 6.45) is 1.88. The molecule has 2 aliphatic heterocycles. The fraction of sp³-hybridized carbons (Fsp3) is 0.500. The Balaban J connectivity index is 0.00000225. The van der Waals surface area contributed by atoms with Crippen LogP contribution in [0.15, 0.2) is 30.3 Å². The molecule has 1 aromatic rings. The smallest absolute Gasteiger partial charge is 0.426 e. The highest BCUT2D eigenvalue weighted by Crippen LogP contribution is 2.21. The first-order chi connectivity index (χ1) is 11.6. The summed E-state index contributed by atoms with van der Waals surface area (Å²) in [5.74, 6) is -0.806. The van der Waals surface area contributed by atoms with E-state index in [9.17, 15) is 19.6 Å². The summed E-state index contributed by atoms with van der Waals surface area (Å²) < 4.78 is 0. The fourth-order valence-corrected chi connectivity index (χ4v) is 3.47. The summed E-state index contributed by atoms with van der Waals surface area (Å²) in [5.41, 5.74) is 0.593. The van der Waals surface area contributed by atoms with Gasteiger partial charge in [0.15, 0.2) is 0 Å². The van der Waals surface area contributed by atoms with E-state index in [2.05, 4.69) is 10.6 Å². The first kappa shape index (κ1) is 19.7. The van der Waals surface area contributed by atoms with Crippen molar-refractivity contribution in [2.75, 3.05) is 13.1 Å². The van der Waals surface area contributed by atoms with Gasteiger partial charge in [-0.2, -0.15) is 0 Å². The Morgan fingerprint density at radius 1 is 1.24 bits per heavy atom. The van der Waals surface area contributed by atoms with Crippen molar-refractivity contribution in [1.29, 1.82) is 0 Å². The summed E-state index contributed by atoms with van der Waals surface area (Å²) in [4.78, 5) is 26.3. The molecular formula is C16H23BClN3O4. The maximum Gasteiger partial charge on any atom is 0.475 e. The van der Waals surface area contributed by atoms with E-state index in [0.717, 1.165) is 6.42 Å². The molecule has 0 unspecified atom stereocenters. The number of benzene rings is 1. The van der Waals surface area contributed by atoms with E-state index in [1.165, 1.54) is 0 Å². The molecular weight excluding hydrogens is 344 g/mol. The van der Waals surface area contributed by atoms with E-state index in [-0.39, 0.29) is 30.3 Å². The quantitative estimate of drug-likeness (QED) is 0.541. The number of carbonyl (C=O) groups is 2. The molecule has 2 saturated heterocycles. The van der Waals surface area contributed by atoms with Crippen molar-refractivity contribution in [1.82, 2.24) is 15.5 Å². The molecule has 2 amide bonds. The summed E-state index contributed by atoms with van der Waals surface area (Å²) in [7, 11) is -1.51. The average molecular weight is 368 g/mol. The van der Waals surface area contributed by atoms with E-state index >= 15 is 0 Å². The number of rotatable bonds is 4. The van der Waals surface area contributed by atoms with Crippen LogP contribution in [0.2, 0.25) is 0 Å². The van der Waals surface area contributed by atoms with Gasteiger partial charge in [-0.05, 0) is 31.4 Å². The molecule has 3 atom stereocenters. The first-order valence-corrected chi connectivity index (χ1v) is 8.32. The van der Waals surface area contributed by atoms with Crippen molar-refractivity contribution in [3.63, 3.8) is 0 Å². The Kier molecular flexibility index (Phi) is 6.83. The normalized spacial score (nSPS) is 25.4. The number of nitrogens with zero attached hydrogens (tertiary/aromatic N) is 1. The monoisotopic (exact) mass is 367 g/mol. The summed E-state index contributed by atoms with van der Waals surface area (Å²) >= 11 is 0. The standard InChI is InChI=1S/C16H22BN3O4.ClH/c21-15(11-5-2-1-3-6-11)19-12-9-13(18-10-12)16(22)20-8-4-7-14(20)17(23)24;/h1-3,5-6,12-14,18,23-24H,4,7-10H2,(H,19,21);1H/t12-,13+,14+;/m1./s1. The van der Waals surface area contributed by atoms with Gasteiger partial charge in [-0.3, -0.25) is 9.59 Å². The maximum atomic E-state index is 12.6. The van der Waals surface area contributed by atoms with Gasteiger partial charge in [0.25, 0.3) is 5.91 Å². The summed E-state index contributed by atoms with van der Waals surface area (Å²) in [6, 6.07) is 8.45. The Bertz CT molecular complexity index is 604. The summed E-state index contributed by atoms with van der Waals surface area (Å²) in [6.45, 7) is 1.06. The van der Waals surface area contributed by atoms with Crippen molar-refractivity contribution < 1.29 is 19.6 Å². The van der Waals surface area contributed by atoms with Crippen molar-refractivity contribution in [3.05, 3.63) is 35.9 Å². The molecule has 1 aromatic carbocycles. The highest BCUT2D eigenvalue weighted by atomic mass is 35.5. The lowest BCUT2D eigenvalue weighted by molar-refractivity contribution is -0.133. The highest BCUT2D eigenvalue weighted by Gasteiger charge is 2.41. The van der Waals surface area contributed by atoms with Crippen LogP contribution in [-0.2, 0) is 4.79 Å². The predicted octanol–water partition coefficient (Wildman–Crippen LogP) is -0.428. The second-order valence-corrected chi connectivity index (χ2v) is 6.39. The molecule has 4 N–H and O–H groups in total. The van der Waals surface area contributed by atoms with Crippen molar-refractivity contribution in [2.45, 2.75) is 37.3 Å². The van der Waals surface area contributed by atoms with Crippen LogP contribution < -0.4 is 10.6 Å². The molecule has 2 fully saturated rings. The SMILES string of the molecule is Cl.O=C(N[C@H]1CN[C@H](C(=O)N2CCC[C@H]2B(O)O)C1)c1ccccc1. The van der Waals surface area contributed by atoms with E-state index in [4.69, 9.17) is 0 Å². The van der Waals surface area contributed by atoms with E-state index < -0.39 is 19.1 Å². The van der Waals surface area contributed by atoms with E-state index in [0.29, 0.717) is 31.5 Å². The minimum Gasteiger partial charge on any atom is -0.426 e. The average Bonchev–Trinajstić information content (AvgIpc) is 3.24. The number of nitrogens with one attached hydrogen (secondary N) is 2. The Morgan fingerprint density at radius 2 is 1.96 bits per heavy atom. The van der Waals surface area contributed by atoms with Gasteiger partial charge in [0.2, 0.25) is 5.91 Å². The molecule has 2 aliphatic rings. The van der Waals surface area contributed by atoms with Gasteiger partial charge in [0.05, 0.1) is 12.0 Å². The van der Waals surface area contributed by atoms with Crippen LogP contribution in [0.25, 0.3) is 0 Å². The molecule has 0 saturated carbocycles. The maximum absolute atomic E-state index is 12.6. The lowest BCUT2D eigenvalue weighted by Gasteiger charge is -2.26. The number of likely N-dealkylation sites (tertiary alicyclic amines) is 1. The predicted molar refractivity (Wildman–Crippen MR) is 96.3 cm³/mol. The van der Waals surface area contributed by atoms with Crippen LogP contribution in [0.3, 0.4) is 0 Å². The Morgan fingerprint density at radius 3 is 2.64 bits per heavy atom. The molecule has 0 bridgehead atoms. The lowest BCUT2D eigenvalue weighted by atomic mass is 9.77. The van der Waals surface area contributed by atoms with Crippen molar-refractivity contribution >= 4 is 31.3 Å². The van der Waals surface area contributed by atoms with Gasteiger partial charge < -0.3 is 25.6 Å². The highest BCUT2D eigenvalue weighted by molar-refractivity contribution is 6.43. The van der Waals surface area contributed by atoms with Crippen LogP contribution in [0.1, 0.15) is 29.6 Å². The molecule has 2 heterocycles. The van der Waals surface area contributed by atoms with Crippen molar-refractivity contribution in [3.8, 4) is 0 Å². The molecule has 25 heavy (non-hydrogen) atoms. The van der Waals surface area contributed by atoms with Crippen LogP contribution in [-0.4, -0.2) is 65.0 Å². The zero-order valence-corrected chi connectivity index (χ0v) is 14.6. The van der Waals surface area contributed by atoms with Crippen LogP contribution in [0, 0.1) is 0 Å². The second kappa shape index (κ2) is 8.67. The van der Waals surface area contributed by atoms with Gasteiger partial charge >= 0.3 is 7.12 Å². The number of carbonyl (C=O) groups excluding carboxylic acids is 2. The number of amides is 2. The largest absolute Gasteiger partial charge is 0.475 e. The molecule has 0 aromatic heterocycles. The van der Waals surface area contributed by atoms with Gasteiger partial charge in [-0.15, -0.1) is 12.4 Å². The molecule has 7 nitrogen and oxygen atoms in total. The van der Waals surface area contributed by atoms with Crippen LogP contribution in [0.4, 0.5) is 0 Å². The molecule has 0 radical (unpaired) electrons. The van der Waals surface area contributed by atoms with Crippen molar-refractivity contribution in [2.24, 2.45) is 0 Å². The summed E-state index contributed by atoms with van der Waals surface area (Å²) in [5, 5.41) is 24.9. The van der Waals surface area contributed by atoms with Crippen LogP contribution in [0.5, 0.6) is 0 Å². The zero-order valence-electron chi connectivity index (χ0n) is 13.8. The third kappa shape index (κ3) is 4.52. The number of halogens is 1. The van der Waals surface area contributed by atoms with E-state index in [1.807, 2.05) is 18.2 Å². The molecule has 9 heteroatoms. The van der Waals surface area contributed by atoms with Crippen LogP contribution >= 0.6 is 12.4 Å². The Labute approximate surface area is 153 Å². The van der Waals surface area contributed by atoms with Gasteiger partial charge in [-0.1, -0.05) is 18.2 Å². The fourth-order valence-electron chi connectivity index (χ4n) is 3.47. The number of hydrogen-bond acceptors (Lipinski definition) is 5. The van der Waals surface area contributed by atoms with Gasteiger partial charge in [0, 0.05) is 24.7 Å². The van der Waals surface area contributed by atoms with Gasteiger partial charge in [-0.25, -0.2) is 0 Å². The molecule has 0 aliphatic carbocycles. The topological polar surface area (TPSA) is 102 Å². The molecule has 0 spiro atoms. The lowest BCUT2D eigenvalue weighted by Crippen LogP contribution is -2.51. The number of hydrogen-bond donors (Lipinski definition) is 4.